The van der Waals surface area contributed by atoms with Crippen molar-refractivity contribution in [2.75, 3.05) is 5.84 Å². The van der Waals surface area contributed by atoms with Gasteiger partial charge in [-0.25, -0.2) is 4.68 Å². The Bertz CT molecular complexity index is 708. The SMILES string of the molecule is N=c1c(C2=NC=CCC2)ccc(-c2cccs2)n1N. The lowest BCUT2D eigenvalue weighted by atomic mass is 10.0. The van der Waals surface area contributed by atoms with E-state index in [2.05, 4.69) is 4.99 Å². The summed E-state index contributed by atoms with van der Waals surface area (Å²) in [7, 11) is 0. The van der Waals surface area contributed by atoms with Crippen molar-refractivity contribution < 1.29 is 0 Å². The van der Waals surface area contributed by atoms with Crippen LogP contribution >= 0.6 is 11.3 Å². The Morgan fingerprint density at radius 3 is 2.89 bits per heavy atom. The van der Waals surface area contributed by atoms with E-state index in [1.807, 2.05) is 35.7 Å². The van der Waals surface area contributed by atoms with Crippen LogP contribution in [0.3, 0.4) is 0 Å². The van der Waals surface area contributed by atoms with Gasteiger partial charge >= 0.3 is 0 Å². The largest absolute Gasteiger partial charge is 0.337 e. The number of pyridine rings is 1. The minimum absolute atomic E-state index is 0.306. The molecule has 1 aliphatic heterocycles. The number of thiophene rings is 1. The molecule has 19 heavy (non-hydrogen) atoms. The Hall–Kier alpha value is -2.14. The topological polar surface area (TPSA) is 67.2 Å². The Labute approximate surface area is 115 Å². The van der Waals surface area contributed by atoms with E-state index in [1.54, 1.807) is 17.5 Å². The van der Waals surface area contributed by atoms with Crippen LogP contribution in [-0.4, -0.2) is 10.4 Å². The quantitative estimate of drug-likeness (QED) is 0.809. The molecular weight excluding hydrogens is 256 g/mol. The highest BCUT2D eigenvalue weighted by Crippen LogP contribution is 2.23. The second-order valence-electron chi connectivity index (χ2n) is 4.33. The summed E-state index contributed by atoms with van der Waals surface area (Å²) in [6.07, 6.45) is 5.66. The molecule has 4 nitrogen and oxygen atoms in total. The first kappa shape index (κ1) is 11.9. The molecule has 0 aliphatic carbocycles. The van der Waals surface area contributed by atoms with Crippen LogP contribution in [0.5, 0.6) is 0 Å². The number of aromatic nitrogens is 1. The van der Waals surface area contributed by atoms with Crippen LogP contribution < -0.4 is 11.3 Å². The van der Waals surface area contributed by atoms with E-state index in [9.17, 15) is 0 Å². The van der Waals surface area contributed by atoms with Crippen molar-refractivity contribution in [1.82, 2.24) is 4.68 Å². The molecule has 2 aromatic heterocycles. The first-order chi connectivity index (χ1) is 9.27. The van der Waals surface area contributed by atoms with Crippen LogP contribution in [-0.2, 0) is 0 Å². The second-order valence-corrected chi connectivity index (χ2v) is 5.28. The molecule has 3 heterocycles. The van der Waals surface area contributed by atoms with Crippen molar-refractivity contribution in [2.24, 2.45) is 4.99 Å². The molecule has 3 rings (SSSR count). The van der Waals surface area contributed by atoms with Crippen LogP contribution in [0.2, 0.25) is 0 Å². The summed E-state index contributed by atoms with van der Waals surface area (Å²) in [6.45, 7) is 0. The summed E-state index contributed by atoms with van der Waals surface area (Å²) in [4.78, 5) is 5.41. The summed E-state index contributed by atoms with van der Waals surface area (Å²) in [5, 5.41) is 10.2. The number of hydrogen-bond donors (Lipinski definition) is 2. The Morgan fingerprint density at radius 2 is 2.21 bits per heavy atom. The summed E-state index contributed by atoms with van der Waals surface area (Å²) in [6, 6.07) is 7.88. The number of nitrogens with zero attached hydrogens (tertiary/aromatic N) is 2. The van der Waals surface area contributed by atoms with E-state index in [0.717, 1.165) is 34.7 Å². The molecule has 0 saturated carbocycles. The molecule has 0 atom stereocenters. The third kappa shape index (κ3) is 2.13. The van der Waals surface area contributed by atoms with E-state index in [-0.39, 0.29) is 0 Å². The highest BCUT2D eigenvalue weighted by molar-refractivity contribution is 7.13. The van der Waals surface area contributed by atoms with Crippen LogP contribution in [0.1, 0.15) is 18.4 Å². The fourth-order valence-electron chi connectivity index (χ4n) is 2.14. The van der Waals surface area contributed by atoms with Gasteiger partial charge in [-0.3, -0.25) is 10.4 Å². The molecule has 0 radical (unpaired) electrons. The van der Waals surface area contributed by atoms with Gasteiger partial charge in [-0.05, 0) is 36.4 Å². The van der Waals surface area contributed by atoms with Gasteiger partial charge in [0, 0.05) is 11.8 Å². The van der Waals surface area contributed by atoms with Crippen molar-refractivity contribution in [3.8, 4) is 10.6 Å². The maximum atomic E-state index is 8.21. The van der Waals surface area contributed by atoms with Crippen LogP contribution in [0, 0.1) is 5.41 Å². The van der Waals surface area contributed by atoms with Gasteiger partial charge in [-0.15, -0.1) is 11.3 Å². The molecule has 0 aromatic carbocycles. The molecule has 0 saturated heterocycles. The van der Waals surface area contributed by atoms with Crippen molar-refractivity contribution in [3.05, 3.63) is 53.0 Å². The van der Waals surface area contributed by atoms with Gasteiger partial charge < -0.3 is 5.84 Å². The molecule has 0 fully saturated rings. The van der Waals surface area contributed by atoms with Gasteiger partial charge in [0.05, 0.1) is 16.3 Å². The Kier molecular flexibility index (Phi) is 3.05. The summed E-state index contributed by atoms with van der Waals surface area (Å²) >= 11 is 1.61. The zero-order valence-corrected chi connectivity index (χ0v) is 11.2. The summed E-state index contributed by atoms with van der Waals surface area (Å²) < 4.78 is 1.43. The lowest BCUT2D eigenvalue weighted by molar-refractivity contribution is 0.882. The first-order valence-electron chi connectivity index (χ1n) is 6.09. The highest BCUT2D eigenvalue weighted by Gasteiger charge is 2.12. The number of nitrogen functional groups attached to an aromatic ring is 1. The van der Waals surface area contributed by atoms with Crippen molar-refractivity contribution in [3.63, 3.8) is 0 Å². The molecular formula is C14H14N4S. The maximum absolute atomic E-state index is 8.21. The summed E-state index contributed by atoms with van der Waals surface area (Å²) in [5.74, 6) is 6.04. The first-order valence-corrected chi connectivity index (χ1v) is 6.97. The molecule has 5 heteroatoms. The van der Waals surface area contributed by atoms with Gasteiger partial charge in [-0.2, -0.15) is 0 Å². The third-order valence-electron chi connectivity index (χ3n) is 3.13. The van der Waals surface area contributed by atoms with Crippen molar-refractivity contribution >= 4 is 17.0 Å². The van der Waals surface area contributed by atoms with Crippen molar-refractivity contribution in [2.45, 2.75) is 12.8 Å². The second kappa shape index (κ2) is 4.85. The van der Waals surface area contributed by atoms with Gasteiger partial charge in [0.1, 0.15) is 0 Å². The molecule has 1 aliphatic rings. The highest BCUT2D eigenvalue weighted by atomic mass is 32.1. The smallest absolute Gasteiger partial charge is 0.153 e. The van der Waals surface area contributed by atoms with Gasteiger partial charge in [0.15, 0.2) is 5.49 Å². The number of allylic oxidation sites excluding steroid dienone is 1. The maximum Gasteiger partial charge on any atom is 0.153 e. The van der Waals surface area contributed by atoms with Crippen molar-refractivity contribution in [1.29, 1.82) is 5.41 Å². The van der Waals surface area contributed by atoms with Gasteiger partial charge in [0.25, 0.3) is 0 Å². The average Bonchev–Trinajstić information content (AvgIpc) is 2.97. The minimum Gasteiger partial charge on any atom is -0.337 e. The molecule has 0 amide bonds. The van der Waals surface area contributed by atoms with Crippen LogP contribution in [0.25, 0.3) is 10.6 Å². The fourth-order valence-corrected chi connectivity index (χ4v) is 2.88. The number of nitrogens with one attached hydrogen (secondary N) is 1. The van der Waals surface area contributed by atoms with E-state index in [0.29, 0.717) is 5.49 Å². The molecule has 2 aromatic rings. The van der Waals surface area contributed by atoms with Crippen LogP contribution in [0.4, 0.5) is 0 Å². The van der Waals surface area contributed by atoms with E-state index < -0.39 is 0 Å². The Morgan fingerprint density at radius 1 is 1.32 bits per heavy atom. The number of hydrogen-bond acceptors (Lipinski definition) is 4. The number of aliphatic imine (C=N–C) groups is 1. The Balaban J connectivity index is 2.11. The number of rotatable bonds is 2. The lowest BCUT2D eigenvalue weighted by Gasteiger charge is -2.13. The van der Waals surface area contributed by atoms with E-state index in [1.165, 1.54) is 4.68 Å². The predicted molar refractivity (Wildman–Crippen MR) is 78.7 cm³/mol. The zero-order valence-electron chi connectivity index (χ0n) is 10.3. The average molecular weight is 270 g/mol. The standard InChI is InChI=1S/C14H14N4S/c15-14-10(11-4-1-2-8-17-11)6-7-12(18(14)16)13-5-3-9-19-13/h2-3,5-9,15H,1,4,16H2. The zero-order chi connectivity index (χ0) is 13.2. The van der Waals surface area contributed by atoms with Crippen LogP contribution in [0.15, 0.2) is 46.9 Å². The third-order valence-corrected chi connectivity index (χ3v) is 4.02. The minimum atomic E-state index is 0.306. The monoisotopic (exact) mass is 270 g/mol. The molecule has 0 unspecified atom stereocenters. The molecule has 96 valence electrons. The predicted octanol–water partition coefficient (Wildman–Crippen LogP) is 2.51. The lowest BCUT2D eigenvalue weighted by Crippen LogP contribution is -2.33. The normalized spacial score (nSPS) is 14.4. The van der Waals surface area contributed by atoms with Gasteiger partial charge in [0.2, 0.25) is 0 Å². The molecule has 0 spiro atoms. The van der Waals surface area contributed by atoms with E-state index >= 15 is 0 Å². The summed E-state index contributed by atoms with van der Waals surface area (Å²) in [5.41, 5.74) is 2.91. The van der Waals surface area contributed by atoms with E-state index in [4.69, 9.17) is 11.3 Å². The van der Waals surface area contributed by atoms with Gasteiger partial charge in [-0.1, -0.05) is 12.1 Å². The molecule has 0 bridgehead atoms. The fraction of sp³-hybridized carbons (Fsp3) is 0.143. The molecule has 3 N–H and O–H groups in total. The number of nitrogens with two attached hydrogens (primary N) is 1.